The third kappa shape index (κ3) is 86.6. The molecule has 0 aromatic carbocycles. The SMILES string of the molecule is CCCCCC(=O)OCC1OC1CC.CCCCCCC(=O)OCC1OC1CC.CCCCCCCC(=O)OCC1OC1CC.COCC(=O)OCC1CO1.COCC(=O)OCC1OC1C.COCCC(=O)OCC1CO1.COCCCC(=O)OCC1CO1.COCCCCC(=O)OCC1CO1.COCCCCCC(=O)OCC1CO1.COCCCCCCC(=O)OCC1CO1. The molecule has 0 bridgehead atoms. The van der Waals surface area contributed by atoms with E-state index in [1.165, 1.54) is 46.3 Å². The largest absolute Gasteiger partial charge is 0.463 e. The van der Waals surface area contributed by atoms with Gasteiger partial charge in [0.1, 0.15) is 140 Å². The third-order valence-corrected chi connectivity index (χ3v) is 19.9. The molecule has 766 valence electrons. The Kier molecular flexibility index (Phi) is 79.4. The van der Waals surface area contributed by atoms with Gasteiger partial charge in [-0.25, -0.2) is 9.59 Å². The Morgan fingerprint density at radius 3 is 0.672 bits per heavy atom. The predicted molar refractivity (Wildman–Crippen MR) is 478 cm³/mol. The fourth-order valence-electron chi connectivity index (χ4n) is 10.9. The monoisotopic (exact) mass is 1890 g/mol. The van der Waals surface area contributed by atoms with Crippen molar-refractivity contribution in [3.8, 4) is 0 Å². The van der Waals surface area contributed by atoms with Crippen LogP contribution >= 0.6 is 0 Å². The zero-order valence-electron chi connectivity index (χ0n) is 81.8. The van der Waals surface area contributed by atoms with E-state index in [4.69, 9.17) is 118 Å². The van der Waals surface area contributed by atoms with Gasteiger partial charge < -0.3 is 128 Å². The molecule has 0 N–H and O–H groups in total. The number of ether oxygens (including phenoxy) is 27. The number of epoxide rings is 10. The number of carbonyl (C=O) groups excluding carboxylic acids is 10. The van der Waals surface area contributed by atoms with Gasteiger partial charge in [0.15, 0.2) is 0 Å². The minimum absolute atomic E-state index is 0.0150. The Hall–Kier alpha value is -5.98. The van der Waals surface area contributed by atoms with Crippen LogP contribution in [0.25, 0.3) is 0 Å². The molecule has 10 aliphatic heterocycles. The first-order valence-electron chi connectivity index (χ1n) is 47.8. The van der Waals surface area contributed by atoms with Crippen LogP contribution in [0.15, 0.2) is 0 Å². The van der Waals surface area contributed by atoms with Crippen LogP contribution in [0.1, 0.15) is 260 Å². The van der Waals surface area contributed by atoms with Crippen LogP contribution in [0, 0.1) is 0 Å². The van der Waals surface area contributed by atoms with Gasteiger partial charge in [-0.2, -0.15) is 0 Å². The second-order valence-electron chi connectivity index (χ2n) is 32.4. The fraction of sp³-hybridized carbons (Fsp3) is 0.894. The maximum Gasteiger partial charge on any atom is 0.332 e. The molecule has 0 aliphatic carbocycles. The minimum atomic E-state index is -0.338. The van der Waals surface area contributed by atoms with Crippen LogP contribution < -0.4 is 0 Å². The molecular formula is C94H168O37. The van der Waals surface area contributed by atoms with Gasteiger partial charge in [0.25, 0.3) is 0 Å². The maximum absolute atomic E-state index is 11.3. The smallest absolute Gasteiger partial charge is 0.332 e. The van der Waals surface area contributed by atoms with Crippen molar-refractivity contribution in [3.05, 3.63) is 0 Å². The van der Waals surface area contributed by atoms with Crippen molar-refractivity contribution in [2.75, 3.05) is 202 Å². The number of hydrogen-bond donors (Lipinski definition) is 0. The molecule has 0 amide bonds. The van der Waals surface area contributed by atoms with Crippen LogP contribution in [-0.2, 0) is 176 Å². The van der Waals surface area contributed by atoms with Crippen LogP contribution in [0.5, 0.6) is 0 Å². The Balaban J connectivity index is 0.000000730. The average molecular weight is 1890 g/mol. The Morgan fingerprint density at radius 1 is 0.214 bits per heavy atom. The van der Waals surface area contributed by atoms with Crippen LogP contribution in [0.3, 0.4) is 0 Å². The topological polar surface area (TPSA) is 453 Å². The average Bonchev–Trinajstić information content (AvgIpc) is 1.74. The molecule has 0 aromatic heterocycles. The van der Waals surface area contributed by atoms with Crippen LogP contribution in [0.2, 0.25) is 0 Å². The van der Waals surface area contributed by atoms with Crippen molar-refractivity contribution in [1.82, 2.24) is 0 Å². The molecule has 0 radical (unpaired) electrons. The molecule has 10 rings (SSSR count). The van der Waals surface area contributed by atoms with Crippen molar-refractivity contribution in [1.29, 1.82) is 0 Å². The third-order valence-electron chi connectivity index (χ3n) is 19.9. The molecule has 37 nitrogen and oxygen atoms in total. The van der Waals surface area contributed by atoms with E-state index in [0.717, 1.165) is 175 Å². The van der Waals surface area contributed by atoms with Crippen molar-refractivity contribution in [2.24, 2.45) is 0 Å². The van der Waals surface area contributed by atoms with Crippen molar-refractivity contribution >= 4 is 59.7 Å². The van der Waals surface area contributed by atoms with Crippen LogP contribution in [-0.4, -0.2) is 347 Å². The molecule has 0 saturated carbocycles. The lowest BCUT2D eigenvalue weighted by molar-refractivity contribution is -0.149. The summed E-state index contributed by atoms with van der Waals surface area (Å²) in [6, 6.07) is 0. The number of rotatable bonds is 67. The number of hydrogen-bond acceptors (Lipinski definition) is 37. The molecule has 14 atom stereocenters. The van der Waals surface area contributed by atoms with Gasteiger partial charge in [-0.3, -0.25) is 38.4 Å². The van der Waals surface area contributed by atoms with Gasteiger partial charge in [0, 0.05) is 121 Å². The first-order valence-corrected chi connectivity index (χ1v) is 47.8. The van der Waals surface area contributed by atoms with E-state index < -0.39 is 0 Å². The highest BCUT2D eigenvalue weighted by atomic mass is 16.7. The first kappa shape index (κ1) is 123. The summed E-state index contributed by atoms with van der Waals surface area (Å²) in [7, 11) is 11.1. The zero-order chi connectivity index (χ0) is 96.5. The lowest BCUT2D eigenvalue weighted by atomic mass is 10.1. The summed E-state index contributed by atoms with van der Waals surface area (Å²) >= 11 is 0. The second-order valence-corrected chi connectivity index (χ2v) is 32.4. The van der Waals surface area contributed by atoms with Crippen molar-refractivity contribution in [2.45, 2.75) is 346 Å². The van der Waals surface area contributed by atoms with Gasteiger partial charge in [0.2, 0.25) is 0 Å². The Bertz CT molecular complexity index is 2840. The number of esters is 10. The van der Waals surface area contributed by atoms with E-state index in [1.807, 2.05) is 6.92 Å². The molecule has 0 spiro atoms. The molecule has 37 heteroatoms. The normalized spacial score (nSPS) is 22.2. The summed E-state index contributed by atoms with van der Waals surface area (Å²) in [6.45, 7) is 26.5. The molecule has 10 heterocycles. The molecule has 131 heavy (non-hydrogen) atoms. The molecular weight excluding hydrogens is 1720 g/mol. The van der Waals surface area contributed by atoms with E-state index in [2.05, 4.69) is 51.0 Å². The van der Waals surface area contributed by atoms with E-state index in [9.17, 15) is 47.9 Å². The molecule has 0 aromatic rings. The van der Waals surface area contributed by atoms with Crippen molar-refractivity contribution < 1.29 is 176 Å². The zero-order valence-corrected chi connectivity index (χ0v) is 81.8. The van der Waals surface area contributed by atoms with Crippen molar-refractivity contribution in [3.63, 3.8) is 0 Å². The maximum atomic E-state index is 11.3. The Labute approximate surface area is 779 Å². The first-order chi connectivity index (χ1) is 63.5. The minimum Gasteiger partial charge on any atom is -0.463 e. The van der Waals surface area contributed by atoms with E-state index in [0.29, 0.717) is 162 Å². The predicted octanol–water partition coefficient (Wildman–Crippen LogP) is 11.3. The molecule has 14 unspecified atom stereocenters. The summed E-state index contributed by atoms with van der Waals surface area (Å²) in [5.74, 6) is -1.62. The number of unbranched alkanes of at least 4 members (excludes halogenated alkanes) is 15. The summed E-state index contributed by atoms with van der Waals surface area (Å²) in [5.41, 5.74) is 0. The summed E-state index contributed by atoms with van der Waals surface area (Å²) in [5, 5.41) is 0. The summed E-state index contributed by atoms with van der Waals surface area (Å²) in [6.07, 6.45) is 32.9. The lowest BCUT2D eigenvalue weighted by Gasteiger charge is -2.02. The second kappa shape index (κ2) is 84.5. The van der Waals surface area contributed by atoms with E-state index in [-0.39, 0.29) is 140 Å². The summed E-state index contributed by atoms with van der Waals surface area (Å²) < 4.78 is 133. The standard InChI is InChI=1S/C13H24O3.C12H22O3.C11H20O4.C11H20O3.C10H18O4.C9H16O4.C8H14O4.2C7H12O4.C6H10O4/c1-3-5-6-7-8-9-13(14)15-10-12-11(4-2)16-12;1-3-5-6-7-8-12(13)14-9-11-10(4-2)15-11;1-13-7-5-3-2-4-6-11(12)15-9-10-8-14-10;1-3-5-6-7-11(12)13-8-10-9(4-2)14-10;1-12-6-4-2-3-5-10(11)14-8-9-7-13-9;1-11-5-3-2-4-9(10)13-7-8-6-12-8;1-10-4-2-3-8(9)12-6-7-5-11-7;1-5-6(11-5)3-10-7(8)4-9-2;1-9-3-2-7(8)11-5-6-4-10-6;1-8-4-6(7)10-3-5-2-9-5/h11-12H,3-10H2,1-2H3;10-11H,3-9H2,1-2H3;10H,2-9H2,1H3;9-10H,3-8H2,1-2H3;9H,2-8H2,1H3;8H,2-7H2,1H3;7H,2-6H2,1H3;5-6H,3-4H2,1-2H3;6H,2-5H2,1H3;5H,2-4H2,1H3. The highest BCUT2D eigenvalue weighted by Gasteiger charge is 2.40. The van der Waals surface area contributed by atoms with Crippen LogP contribution in [0.4, 0.5) is 0 Å². The van der Waals surface area contributed by atoms with Gasteiger partial charge in [-0.15, -0.1) is 0 Å². The number of carbonyl (C=O) groups is 10. The van der Waals surface area contributed by atoms with Gasteiger partial charge >= 0.3 is 59.7 Å². The van der Waals surface area contributed by atoms with Gasteiger partial charge in [0.05, 0.1) is 77.1 Å². The summed E-state index contributed by atoms with van der Waals surface area (Å²) in [4.78, 5) is 110. The highest BCUT2D eigenvalue weighted by molar-refractivity contribution is 5.73. The molecule has 10 saturated heterocycles. The van der Waals surface area contributed by atoms with Gasteiger partial charge in [-0.1, -0.05) is 119 Å². The number of methoxy groups -OCH3 is 7. The molecule has 10 aliphatic rings. The van der Waals surface area contributed by atoms with Gasteiger partial charge in [-0.05, 0) is 90.4 Å². The van der Waals surface area contributed by atoms with E-state index >= 15 is 0 Å². The highest BCUT2D eigenvalue weighted by Crippen LogP contribution is 2.28. The molecule has 10 fully saturated rings. The quantitative estimate of drug-likeness (QED) is 0.0236. The Morgan fingerprint density at radius 2 is 0.412 bits per heavy atom. The fourth-order valence-corrected chi connectivity index (χ4v) is 10.9. The lowest BCUT2D eigenvalue weighted by Crippen LogP contribution is -2.15. The van der Waals surface area contributed by atoms with E-state index in [1.54, 1.807) is 35.5 Å².